The highest BCUT2D eigenvalue weighted by Gasteiger charge is 2.24. The summed E-state index contributed by atoms with van der Waals surface area (Å²) in [5.41, 5.74) is 2.71. The van der Waals surface area contributed by atoms with Crippen molar-refractivity contribution in [3.63, 3.8) is 0 Å². The fraction of sp³-hybridized carbons (Fsp3) is 0.158. The second-order valence-electron chi connectivity index (χ2n) is 5.55. The number of nitrogens with zero attached hydrogens (tertiary/aromatic N) is 1. The average molecular weight is 323 g/mol. The first-order valence-electron chi connectivity index (χ1n) is 7.51. The van der Waals surface area contributed by atoms with Gasteiger partial charge in [-0.3, -0.25) is 4.79 Å². The molecule has 0 aliphatic heterocycles. The molecule has 5 nitrogen and oxygen atoms in total. The summed E-state index contributed by atoms with van der Waals surface area (Å²) < 4.78 is 7.22. The monoisotopic (exact) mass is 323 g/mol. The Labute approximate surface area is 139 Å². The topological polar surface area (TPSA) is 68.5 Å². The van der Waals surface area contributed by atoms with Gasteiger partial charge >= 0.3 is 5.97 Å². The Morgan fingerprint density at radius 2 is 1.83 bits per heavy atom. The van der Waals surface area contributed by atoms with E-state index >= 15 is 0 Å². The van der Waals surface area contributed by atoms with Gasteiger partial charge < -0.3 is 14.4 Å². The number of ketones is 1. The maximum absolute atomic E-state index is 12.2. The van der Waals surface area contributed by atoms with Crippen molar-refractivity contribution in [1.82, 2.24) is 4.57 Å². The fourth-order valence-corrected chi connectivity index (χ4v) is 2.95. The van der Waals surface area contributed by atoms with Crippen molar-refractivity contribution < 1.29 is 19.4 Å². The van der Waals surface area contributed by atoms with E-state index in [0.717, 1.165) is 11.1 Å². The number of carbonyl (C=O) groups is 2. The molecule has 0 saturated heterocycles. The van der Waals surface area contributed by atoms with Crippen LogP contribution in [-0.4, -0.2) is 28.5 Å². The van der Waals surface area contributed by atoms with Crippen LogP contribution in [0, 0.1) is 6.92 Å². The van der Waals surface area contributed by atoms with Gasteiger partial charge in [0.15, 0.2) is 0 Å². The maximum atomic E-state index is 12.2. The first-order valence-corrected chi connectivity index (χ1v) is 7.51. The minimum Gasteiger partial charge on any atom is -0.497 e. The van der Waals surface area contributed by atoms with Crippen molar-refractivity contribution in [2.45, 2.75) is 13.5 Å². The van der Waals surface area contributed by atoms with E-state index in [-0.39, 0.29) is 5.56 Å². The zero-order valence-corrected chi connectivity index (χ0v) is 13.4. The lowest BCUT2D eigenvalue weighted by Gasteiger charge is -2.09. The number of aromatic nitrogens is 1. The Kier molecular flexibility index (Phi) is 4.08. The number of ether oxygens (including phenoxy) is 1. The number of fused-ring (bicyclic) bond motifs is 1. The van der Waals surface area contributed by atoms with E-state index in [0.29, 0.717) is 23.4 Å². The molecular weight excluding hydrogens is 306 g/mol. The van der Waals surface area contributed by atoms with Crippen molar-refractivity contribution in [2.24, 2.45) is 0 Å². The molecule has 0 unspecified atom stereocenters. The van der Waals surface area contributed by atoms with Gasteiger partial charge in [-0.1, -0.05) is 30.3 Å². The van der Waals surface area contributed by atoms with Crippen LogP contribution in [0.2, 0.25) is 0 Å². The standard InChI is InChI=1S/C19H17NO4/c1-12-17(18(21)19(22)23)15-9-8-14(24-2)10-16(15)20(12)11-13-6-4-3-5-7-13/h3-10H,11H2,1-2H3,(H,22,23). The number of carboxylic acid groups (broad SMARTS) is 1. The molecule has 3 aromatic rings. The largest absolute Gasteiger partial charge is 0.497 e. The number of benzene rings is 2. The lowest BCUT2D eigenvalue weighted by atomic mass is 10.1. The molecule has 0 radical (unpaired) electrons. The lowest BCUT2D eigenvalue weighted by Crippen LogP contribution is -2.14. The number of Topliss-reactive ketones (excluding diaryl/α,β-unsaturated/α-hetero) is 1. The average Bonchev–Trinajstić information content (AvgIpc) is 2.86. The van der Waals surface area contributed by atoms with E-state index < -0.39 is 11.8 Å². The van der Waals surface area contributed by atoms with Crippen LogP contribution in [0.25, 0.3) is 10.9 Å². The maximum Gasteiger partial charge on any atom is 0.377 e. The third kappa shape index (κ3) is 2.65. The molecule has 2 aromatic carbocycles. The fourth-order valence-electron chi connectivity index (χ4n) is 2.95. The van der Waals surface area contributed by atoms with Gasteiger partial charge in [0.1, 0.15) is 5.75 Å². The molecule has 1 heterocycles. The van der Waals surface area contributed by atoms with Crippen LogP contribution in [0.15, 0.2) is 48.5 Å². The van der Waals surface area contributed by atoms with E-state index in [9.17, 15) is 9.59 Å². The molecule has 0 amide bonds. The number of aliphatic carboxylic acids is 1. The van der Waals surface area contributed by atoms with E-state index in [4.69, 9.17) is 9.84 Å². The molecule has 0 bridgehead atoms. The van der Waals surface area contributed by atoms with Crippen molar-refractivity contribution in [2.75, 3.05) is 7.11 Å². The predicted octanol–water partition coefficient (Wildman–Crippen LogP) is 3.27. The Bertz CT molecular complexity index is 925. The van der Waals surface area contributed by atoms with Gasteiger partial charge in [-0.15, -0.1) is 0 Å². The number of rotatable bonds is 5. The van der Waals surface area contributed by atoms with Gasteiger partial charge in [-0.2, -0.15) is 0 Å². The molecule has 122 valence electrons. The number of methoxy groups -OCH3 is 1. The predicted molar refractivity (Wildman–Crippen MR) is 90.7 cm³/mol. The Balaban J connectivity index is 2.24. The van der Waals surface area contributed by atoms with Crippen LogP contribution in [0.3, 0.4) is 0 Å². The number of hydrogen-bond donors (Lipinski definition) is 1. The SMILES string of the molecule is COc1ccc2c(C(=O)C(=O)O)c(C)n(Cc3ccccc3)c2c1. The van der Waals surface area contributed by atoms with Gasteiger partial charge in [0.2, 0.25) is 0 Å². The summed E-state index contributed by atoms with van der Waals surface area (Å²) in [5, 5.41) is 9.76. The number of carboxylic acids is 1. The quantitative estimate of drug-likeness (QED) is 0.578. The third-order valence-electron chi connectivity index (χ3n) is 4.14. The van der Waals surface area contributed by atoms with Gasteiger partial charge in [-0.05, 0) is 24.6 Å². The highest BCUT2D eigenvalue weighted by atomic mass is 16.5. The van der Waals surface area contributed by atoms with Crippen LogP contribution in [0.5, 0.6) is 5.75 Å². The summed E-state index contributed by atoms with van der Waals surface area (Å²) in [5.74, 6) is -1.69. The van der Waals surface area contributed by atoms with Gasteiger partial charge in [0, 0.05) is 23.7 Å². The molecule has 3 rings (SSSR count). The normalized spacial score (nSPS) is 10.8. The van der Waals surface area contributed by atoms with Gasteiger partial charge in [-0.25, -0.2) is 4.79 Å². The molecule has 24 heavy (non-hydrogen) atoms. The number of carbonyl (C=O) groups excluding carboxylic acids is 1. The van der Waals surface area contributed by atoms with Crippen molar-refractivity contribution in [3.8, 4) is 5.75 Å². The van der Waals surface area contributed by atoms with Gasteiger partial charge in [0.25, 0.3) is 5.78 Å². The summed E-state index contributed by atoms with van der Waals surface area (Å²) in [6.07, 6.45) is 0. The molecule has 1 N–H and O–H groups in total. The van der Waals surface area contributed by atoms with Crippen LogP contribution in [-0.2, 0) is 11.3 Å². The van der Waals surface area contributed by atoms with Gasteiger partial charge in [0.05, 0.1) is 18.2 Å². The molecule has 0 atom stereocenters. The zero-order valence-electron chi connectivity index (χ0n) is 13.4. The summed E-state index contributed by atoms with van der Waals surface area (Å²) in [6, 6.07) is 15.1. The second-order valence-corrected chi connectivity index (χ2v) is 5.55. The first kappa shape index (κ1) is 15.8. The van der Waals surface area contributed by atoms with E-state index in [2.05, 4.69) is 0 Å². The van der Waals surface area contributed by atoms with Crippen LogP contribution in [0.4, 0.5) is 0 Å². The molecule has 1 aromatic heterocycles. The second kappa shape index (κ2) is 6.20. The summed E-state index contributed by atoms with van der Waals surface area (Å²) in [6.45, 7) is 2.31. The van der Waals surface area contributed by atoms with Crippen molar-refractivity contribution >= 4 is 22.7 Å². The summed E-state index contributed by atoms with van der Waals surface area (Å²) in [7, 11) is 1.57. The minimum atomic E-state index is -1.45. The first-order chi connectivity index (χ1) is 11.5. The minimum absolute atomic E-state index is 0.232. The third-order valence-corrected chi connectivity index (χ3v) is 4.14. The van der Waals surface area contributed by atoms with Crippen LogP contribution < -0.4 is 4.74 Å². The molecule has 0 saturated carbocycles. The van der Waals surface area contributed by atoms with Crippen LogP contribution in [0.1, 0.15) is 21.6 Å². The van der Waals surface area contributed by atoms with Crippen molar-refractivity contribution in [3.05, 3.63) is 65.4 Å². The molecular formula is C19H17NO4. The smallest absolute Gasteiger partial charge is 0.377 e. The summed E-state index contributed by atoms with van der Waals surface area (Å²) in [4.78, 5) is 23.4. The zero-order chi connectivity index (χ0) is 17.3. The Hall–Kier alpha value is -3.08. The molecule has 0 spiro atoms. The molecule has 0 aliphatic carbocycles. The molecule has 0 fully saturated rings. The van der Waals surface area contributed by atoms with E-state index in [1.807, 2.05) is 41.0 Å². The Morgan fingerprint density at radius 3 is 2.46 bits per heavy atom. The van der Waals surface area contributed by atoms with E-state index in [1.54, 1.807) is 26.2 Å². The molecule has 5 heteroatoms. The summed E-state index contributed by atoms with van der Waals surface area (Å²) >= 11 is 0. The van der Waals surface area contributed by atoms with Crippen molar-refractivity contribution in [1.29, 1.82) is 0 Å². The molecule has 0 aliphatic rings. The Morgan fingerprint density at radius 1 is 1.12 bits per heavy atom. The lowest BCUT2D eigenvalue weighted by molar-refractivity contribution is -0.131. The van der Waals surface area contributed by atoms with E-state index in [1.165, 1.54) is 0 Å². The highest BCUT2D eigenvalue weighted by Crippen LogP contribution is 2.30. The highest BCUT2D eigenvalue weighted by molar-refractivity contribution is 6.42. The number of hydrogen-bond acceptors (Lipinski definition) is 3. The van der Waals surface area contributed by atoms with Crippen LogP contribution >= 0.6 is 0 Å².